The number of halogens is 2. The number of hydrogen-bond acceptors (Lipinski definition) is 7. The summed E-state index contributed by atoms with van der Waals surface area (Å²) >= 11 is 1.53. The second-order valence-corrected chi connectivity index (χ2v) is 9.06. The van der Waals surface area contributed by atoms with E-state index in [1.807, 2.05) is 13.0 Å². The smallest absolute Gasteiger partial charge is 0.297 e. The number of nitrogens with one attached hydrogen (secondary N) is 1. The van der Waals surface area contributed by atoms with Gasteiger partial charge in [-0.25, -0.2) is 23.7 Å². The maximum absolute atomic E-state index is 13.1. The van der Waals surface area contributed by atoms with Gasteiger partial charge in [0.05, 0.1) is 19.3 Å². The molecule has 7 nitrogen and oxygen atoms in total. The van der Waals surface area contributed by atoms with E-state index in [-0.39, 0.29) is 12.0 Å². The molecule has 3 heterocycles. The first-order valence-corrected chi connectivity index (χ1v) is 11.4. The number of amides is 1. The molecule has 3 aromatic rings. The van der Waals surface area contributed by atoms with Gasteiger partial charge in [0.1, 0.15) is 16.9 Å². The third-order valence-corrected chi connectivity index (χ3v) is 6.20. The number of benzene rings is 1. The van der Waals surface area contributed by atoms with Crippen molar-refractivity contribution in [3.05, 3.63) is 58.6 Å². The van der Waals surface area contributed by atoms with E-state index in [1.165, 1.54) is 23.7 Å². The quantitative estimate of drug-likeness (QED) is 0.525. The van der Waals surface area contributed by atoms with Gasteiger partial charge in [-0.1, -0.05) is 0 Å². The van der Waals surface area contributed by atoms with E-state index in [0.29, 0.717) is 30.1 Å². The highest BCUT2D eigenvalue weighted by Crippen LogP contribution is 2.31. The van der Waals surface area contributed by atoms with Crippen molar-refractivity contribution in [1.29, 1.82) is 0 Å². The van der Waals surface area contributed by atoms with Gasteiger partial charge in [-0.05, 0) is 32.0 Å². The fraction of sp³-hybridized carbons (Fsp3) is 0.391. The van der Waals surface area contributed by atoms with Crippen LogP contribution in [0.2, 0.25) is 0 Å². The van der Waals surface area contributed by atoms with Gasteiger partial charge in [-0.15, -0.1) is 11.3 Å². The molecule has 1 aliphatic heterocycles. The summed E-state index contributed by atoms with van der Waals surface area (Å²) in [5.74, 6) is -0.277. The molecule has 10 heteroatoms. The molecule has 1 fully saturated rings. The Morgan fingerprint density at radius 1 is 1.15 bits per heavy atom. The summed E-state index contributed by atoms with van der Waals surface area (Å²) in [7, 11) is 0. The molecule has 1 aliphatic rings. The van der Waals surface area contributed by atoms with Gasteiger partial charge in [0, 0.05) is 53.0 Å². The zero-order valence-corrected chi connectivity index (χ0v) is 19.1. The van der Waals surface area contributed by atoms with E-state index in [4.69, 9.17) is 9.47 Å². The summed E-state index contributed by atoms with van der Waals surface area (Å²) in [5.41, 5.74) is 1.73. The Morgan fingerprint density at radius 3 is 2.52 bits per heavy atom. The van der Waals surface area contributed by atoms with Crippen molar-refractivity contribution < 1.29 is 23.0 Å². The molecule has 1 N–H and O–H groups in total. The van der Waals surface area contributed by atoms with Crippen molar-refractivity contribution in [3.63, 3.8) is 0 Å². The van der Waals surface area contributed by atoms with Gasteiger partial charge >= 0.3 is 0 Å². The standard InChI is InChI=1S/C23H24F2N4O3S/c1-13-10-28-23(33-13)16-7-15(8-19(9-16)32-18-3-5-31-6-4-18)22(30)29-14(2)17-11-26-21(20(24)25)27-12-17/h7-12,14,18,20H,3-6H2,1-2H3,(H,29,30). The molecule has 0 radical (unpaired) electrons. The van der Waals surface area contributed by atoms with Crippen LogP contribution in [-0.2, 0) is 4.74 Å². The van der Waals surface area contributed by atoms with Crippen LogP contribution in [0.3, 0.4) is 0 Å². The molecule has 33 heavy (non-hydrogen) atoms. The van der Waals surface area contributed by atoms with Crippen LogP contribution in [0, 0.1) is 6.92 Å². The number of carbonyl (C=O) groups excluding carboxylic acids is 1. The molecule has 1 saturated heterocycles. The largest absolute Gasteiger partial charge is 0.490 e. The molecule has 4 rings (SSSR count). The number of aromatic nitrogens is 3. The Hall–Kier alpha value is -2.98. The van der Waals surface area contributed by atoms with E-state index < -0.39 is 18.3 Å². The van der Waals surface area contributed by atoms with Crippen LogP contribution in [0.1, 0.15) is 58.9 Å². The lowest BCUT2D eigenvalue weighted by Crippen LogP contribution is -2.28. The van der Waals surface area contributed by atoms with Crippen molar-refractivity contribution in [3.8, 4) is 16.3 Å². The van der Waals surface area contributed by atoms with Crippen molar-refractivity contribution in [2.75, 3.05) is 13.2 Å². The number of thiazole rings is 1. The lowest BCUT2D eigenvalue weighted by Gasteiger charge is -2.24. The first kappa shape index (κ1) is 23.2. The highest BCUT2D eigenvalue weighted by molar-refractivity contribution is 7.14. The SMILES string of the molecule is Cc1cnc(-c2cc(OC3CCOCC3)cc(C(=O)NC(C)c3cnc(C(F)F)nc3)c2)s1. The van der Waals surface area contributed by atoms with E-state index >= 15 is 0 Å². The lowest BCUT2D eigenvalue weighted by atomic mass is 10.1. The predicted octanol–water partition coefficient (Wildman–Crippen LogP) is 4.89. The number of ether oxygens (including phenoxy) is 2. The third kappa shape index (κ3) is 5.88. The molecule has 174 valence electrons. The summed E-state index contributed by atoms with van der Waals surface area (Å²) in [6.07, 6.45) is 3.24. The maximum Gasteiger partial charge on any atom is 0.297 e. The summed E-state index contributed by atoms with van der Waals surface area (Å²) in [6, 6.07) is 4.89. The van der Waals surface area contributed by atoms with Crippen LogP contribution in [0.5, 0.6) is 5.75 Å². The van der Waals surface area contributed by atoms with Gasteiger partial charge in [0.15, 0.2) is 5.82 Å². The molecule has 1 amide bonds. The first-order chi connectivity index (χ1) is 15.9. The minimum absolute atomic E-state index is 0.0207. The summed E-state index contributed by atoms with van der Waals surface area (Å²) in [6.45, 7) is 5.01. The van der Waals surface area contributed by atoms with E-state index in [2.05, 4.69) is 20.3 Å². The molecule has 2 aromatic heterocycles. The number of alkyl halides is 2. The van der Waals surface area contributed by atoms with Crippen LogP contribution in [0.4, 0.5) is 8.78 Å². The van der Waals surface area contributed by atoms with Gasteiger partial charge in [0.25, 0.3) is 12.3 Å². The fourth-order valence-corrected chi connectivity index (χ4v) is 4.20. The average Bonchev–Trinajstić information content (AvgIpc) is 3.26. The van der Waals surface area contributed by atoms with Gasteiger partial charge in [-0.3, -0.25) is 4.79 Å². The van der Waals surface area contributed by atoms with E-state index in [9.17, 15) is 13.6 Å². The van der Waals surface area contributed by atoms with Crippen LogP contribution < -0.4 is 10.1 Å². The predicted molar refractivity (Wildman–Crippen MR) is 120 cm³/mol. The number of rotatable bonds is 7. The maximum atomic E-state index is 13.1. The number of carbonyl (C=O) groups is 1. The minimum Gasteiger partial charge on any atom is -0.490 e. The summed E-state index contributed by atoms with van der Waals surface area (Å²) < 4.78 is 37.0. The number of aryl methyl sites for hydroxylation is 1. The summed E-state index contributed by atoms with van der Waals surface area (Å²) in [5, 5.41) is 3.67. The molecule has 1 unspecified atom stereocenters. The molecule has 0 saturated carbocycles. The monoisotopic (exact) mass is 474 g/mol. The second kappa shape index (κ2) is 10.3. The highest BCUT2D eigenvalue weighted by atomic mass is 32.1. The molecule has 1 aromatic carbocycles. The van der Waals surface area contributed by atoms with E-state index in [1.54, 1.807) is 25.3 Å². The van der Waals surface area contributed by atoms with Crippen LogP contribution in [-0.4, -0.2) is 40.2 Å². The Labute approximate surface area is 194 Å². The van der Waals surface area contributed by atoms with Crippen molar-refractivity contribution >= 4 is 17.2 Å². The van der Waals surface area contributed by atoms with Crippen molar-refractivity contribution in [1.82, 2.24) is 20.3 Å². The summed E-state index contributed by atoms with van der Waals surface area (Å²) in [4.78, 5) is 25.9. The second-order valence-electron chi connectivity index (χ2n) is 7.82. The Bertz CT molecular complexity index is 1100. The topological polar surface area (TPSA) is 86.2 Å². The van der Waals surface area contributed by atoms with E-state index in [0.717, 1.165) is 28.3 Å². The van der Waals surface area contributed by atoms with Gasteiger partial charge in [-0.2, -0.15) is 0 Å². The van der Waals surface area contributed by atoms with Crippen LogP contribution in [0.15, 0.2) is 36.8 Å². The highest BCUT2D eigenvalue weighted by Gasteiger charge is 2.20. The minimum atomic E-state index is -2.74. The Kier molecular flexibility index (Phi) is 7.24. The molecule has 1 atom stereocenters. The molecule has 0 bridgehead atoms. The number of hydrogen-bond donors (Lipinski definition) is 1. The zero-order valence-electron chi connectivity index (χ0n) is 18.3. The molecule has 0 aliphatic carbocycles. The fourth-order valence-electron chi connectivity index (χ4n) is 3.44. The lowest BCUT2D eigenvalue weighted by molar-refractivity contribution is 0.0255. The normalized spacial score (nSPS) is 15.4. The third-order valence-electron chi connectivity index (χ3n) is 5.24. The Morgan fingerprint density at radius 2 is 1.88 bits per heavy atom. The van der Waals surface area contributed by atoms with Crippen LogP contribution >= 0.6 is 11.3 Å². The van der Waals surface area contributed by atoms with Gasteiger partial charge in [0.2, 0.25) is 0 Å². The van der Waals surface area contributed by atoms with Gasteiger partial charge < -0.3 is 14.8 Å². The molecular weight excluding hydrogens is 450 g/mol. The van der Waals surface area contributed by atoms with Crippen molar-refractivity contribution in [2.24, 2.45) is 0 Å². The Balaban J connectivity index is 1.56. The zero-order chi connectivity index (χ0) is 23.4. The van der Waals surface area contributed by atoms with Crippen molar-refractivity contribution in [2.45, 2.75) is 45.3 Å². The van der Waals surface area contributed by atoms with Crippen LogP contribution in [0.25, 0.3) is 10.6 Å². The molecule has 0 spiro atoms. The number of nitrogens with zero attached hydrogens (tertiary/aromatic N) is 3. The average molecular weight is 475 g/mol. The first-order valence-electron chi connectivity index (χ1n) is 10.6. The molecular formula is C23H24F2N4O3S.